The molecule has 4 fully saturated rings. The summed E-state index contributed by atoms with van der Waals surface area (Å²) in [5, 5.41) is 8.07. The number of esters is 1. The maximum absolute atomic E-state index is 13.0. The van der Waals surface area contributed by atoms with E-state index in [1.807, 2.05) is 30.3 Å². The Labute approximate surface area is 160 Å². The van der Waals surface area contributed by atoms with Gasteiger partial charge in [-0.05, 0) is 62.5 Å². The lowest BCUT2D eigenvalue weighted by Crippen LogP contribution is -2.56. The fraction of sp³-hybridized carbons (Fsp3) is 0.550. The predicted octanol–water partition coefficient (Wildman–Crippen LogP) is 4.51. The lowest BCUT2D eigenvalue weighted by molar-refractivity contribution is -0.171. The van der Waals surface area contributed by atoms with E-state index in [0.717, 1.165) is 24.8 Å². The first-order valence-electron chi connectivity index (χ1n) is 9.28. The molecule has 2 atom stereocenters. The Balaban J connectivity index is 1.28. The number of benzene rings is 1. The highest BCUT2D eigenvalue weighted by Gasteiger charge is 2.60. The molecule has 5 nitrogen and oxygen atoms in total. The molecule has 0 unspecified atom stereocenters. The summed E-state index contributed by atoms with van der Waals surface area (Å²) in [7, 11) is 0. The van der Waals surface area contributed by atoms with Gasteiger partial charge in [0.25, 0.3) is 5.89 Å². The van der Waals surface area contributed by atoms with Gasteiger partial charge in [0, 0.05) is 9.89 Å². The molecule has 1 heterocycles. The summed E-state index contributed by atoms with van der Waals surface area (Å²) in [6, 6.07) is 9.60. The van der Waals surface area contributed by atoms with Gasteiger partial charge in [0.2, 0.25) is 5.89 Å². The van der Waals surface area contributed by atoms with Gasteiger partial charge < -0.3 is 9.15 Å². The number of hydrogen-bond acceptors (Lipinski definition) is 5. The first-order valence-corrected chi connectivity index (χ1v) is 10.1. The molecule has 1 aromatic carbocycles. The minimum Gasteiger partial charge on any atom is -0.455 e. The first-order chi connectivity index (χ1) is 12.5. The second-order valence-corrected chi connectivity index (χ2v) is 10.0. The number of nitrogens with zero attached hydrogens (tertiary/aromatic N) is 2. The van der Waals surface area contributed by atoms with Crippen molar-refractivity contribution in [2.24, 2.45) is 17.3 Å². The van der Waals surface area contributed by atoms with Crippen LogP contribution in [0.2, 0.25) is 0 Å². The Morgan fingerprint density at radius 1 is 1.15 bits per heavy atom. The van der Waals surface area contributed by atoms with Gasteiger partial charge in [-0.25, -0.2) is 0 Å². The van der Waals surface area contributed by atoms with Crippen molar-refractivity contribution in [3.05, 3.63) is 36.2 Å². The minimum atomic E-state index is -0.324. The Hall–Kier alpha value is -1.69. The molecular formula is C20H21BrN2O3. The van der Waals surface area contributed by atoms with Crippen LogP contribution in [0.3, 0.4) is 0 Å². The third-order valence-electron chi connectivity index (χ3n) is 6.24. The monoisotopic (exact) mass is 416 g/mol. The molecule has 0 spiro atoms. The number of carbonyl (C=O) groups excluding carboxylic acids is 1. The molecule has 6 rings (SSSR count). The highest BCUT2D eigenvalue weighted by Crippen LogP contribution is 2.64. The summed E-state index contributed by atoms with van der Waals surface area (Å²) in [5.74, 6) is 2.00. The maximum Gasteiger partial charge on any atom is 0.312 e. The van der Waals surface area contributed by atoms with Crippen molar-refractivity contribution >= 4 is 21.9 Å². The van der Waals surface area contributed by atoms with Crippen LogP contribution in [0.4, 0.5) is 0 Å². The van der Waals surface area contributed by atoms with Crippen molar-refractivity contribution in [2.75, 3.05) is 0 Å². The van der Waals surface area contributed by atoms with Crippen molar-refractivity contribution in [1.82, 2.24) is 10.2 Å². The Kier molecular flexibility index (Phi) is 3.75. The highest BCUT2D eigenvalue weighted by molar-refractivity contribution is 9.10. The number of hydrogen-bond donors (Lipinski definition) is 0. The normalized spacial score (nSPS) is 34.8. The molecule has 0 radical (unpaired) electrons. The number of ether oxygens (including phenoxy) is 1. The molecule has 4 aliphatic rings. The molecule has 0 saturated heterocycles. The van der Waals surface area contributed by atoms with Crippen LogP contribution in [0.15, 0.2) is 34.7 Å². The van der Waals surface area contributed by atoms with E-state index in [1.54, 1.807) is 0 Å². The van der Waals surface area contributed by atoms with Gasteiger partial charge in [-0.1, -0.05) is 34.1 Å². The van der Waals surface area contributed by atoms with Crippen LogP contribution in [0, 0.1) is 17.3 Å². The molecule has 0 N–H and O–H groups in total. The number of halogens is 1. The Morgan fingerprint density at radius 2 is 1.88 bits per heavy atom. The van der Waals surface area contributed by atoms with E-state index < -0.39 is 0 Å². The number of carbonyl (C=O) groups is 1. The van der Waals surface area contributed by atoms with Crippen molar-refractivity contribution < 1.29 is 13.9 Å². The minimum absolute atomic E-state index is 0.0467. The van der Waals surface area contributed by atoms with Gasteiger partial charge in [-0.3, -0.25) is 4.79 Å². The zero-order valence-electron chi connectivity index (χ0n) is 14.5. The summed E-state index contributed by atoms with van der Waals surface area (Å²) in [5.41, 5.74) is 0.537. The smallest absolute Gasteiger partial charge is 0.312 e. The number of aromatic nitrogens is 2. The molecule has 4 saturated carbocycles. The predicted molar refractivity (Wildman–Crippen MR) is 98.3 cm³/mol. The van der Waals surface area contributed by atoms with E-state index in [9.17, 15) is 4.79 Å². The number of rotatable bonds is 4. The van der Waals surface area contributed by atoms with Crippen LogP contribution >= 0.6 is 15.9 Å². The third-order valence-corrected chi connectivity index (χ3v) is 7.16. The zero-order chi connectivity index (χ0) is 17.8. The molecular weight excluding hydrogens is 396 g/mol. The number of alkyl halides is 1. The molecule has 6 heteroatoms. The molecule has 1 aromatic heterocycles. The quantitative estimate of drug-likeness (QED) is 0.541. The van der Waals surface area contributed by atoms with E-state index in [1.165, 1.54) is 19.3 Å². The van der Waals surface area contributed by atoms with Crippen LogP contribution in [0.1, 0.15) is 44.4 Å². The second kappa shape index (κ2) is 5.91. The average Bonchev–Trinajstić information content (AvgIpc) is 3.07. The standard InChI is InChI=1S/C20H21BrN2O3/c21-20-9-13-6-14(10-20)8-19(7-13,12-20)18(24)25-11-16-22-23-17(26-16)15-4-2-1-3-5-15/h1-5,13-14H,6-12H2/t13-,14-,19?,20?/m1/s1. The Morgan fingerprint density at radius 3 is 2.58 bits per heavy atom. The van der Waals surface area contributed by atoms with Crippen molar-refractivity contribution in [1.29, 1.82) is 0 Å². The lowest BCUT2D eigenvalue weighted by atomic mass is 9.49. The van der Waals surface area contributed by atoms with Crippen molar-refractivity contribution in [2.45, 2.75) is 49.5 Å². The summed E-state index contributed by atoms with van der Waals surface area (Å²) < 4.78 is 11.4. The summed E-state index contributed by atoms with van der Waals surface area (Å²) in [6.45, 7) is 0.0467. The van der Waals surface area contributed by atoms with Crippen molar-refractivity contribution in [3.63, 3.8) is 0 Å². The van der Waals surface area contributed by atoms with Crippen LogP contribution < -0.4 is 0 Å². The fourth-order valence-electron chi connectivity index (χ4n) is 5.68. The lowest BCUT2D eigenvalue weighted by Gasteiger charge is -2.58. The zero-order valence-corrected chi connectivity index (χ0v) is 16.1. The van der Waals surface area contributed by atoms with Gasteiger partial charge in [-0.15, -0.1) is 10.2 Å². The average molecular weight is 417 g/mol. The molecule has 26 heavy (non-hydrogen) atoms. The van der Waals surface area contributed by atoms with E-state index in [2.05, 4.69) is 26.1 Å². The highest BCUT2D eigenvalue weighted by atomic mass is 79.9. The summed E-state index contributed by atoms with van der Waals surface area (Å²) in [4.78, 5) is 13.0. The van der Waals surface area contributed by atoms with E-state index in [-0.39, 0.29) is 22.3 Å². The summed E-state index contributed by atoms with van der Waals surface area (Å²) in [6.07, 6.45) is 6.49. The molecule has 136 valence electrons. The van der Waals surface area contributed by atoms with Gasteiger partial charge >= 0.3 is 5.97 Å². The van der Waals surface area contributed by atoms with Crippen LogP contribution in [0.5, 0.6) is 0 Å². The Bertz CT molecular complexity index is 821. The van der Waals surface area contributed by atoms with E-state index >= 15 is 0 Å². The molecule has 0 aliphatic heterocycles. The van der Waals surface area contributed by atoms with Gasteiger partial charge in [0.15, 0.2) is 6.61 Å². The van der Waals surface area contributed by atoms with Crippen LogP contribution in [-0.4, -0.2) is 20.5 Å². The molecule has 4 bridgehead atoms. The second-order valence-electron chi connectivity index (χ2n) is 8.34. The van der Waals surface area contributed by atoms with E-state index in [0.29, 0.717) is 23.6 Å². The SMILES string of the molecule is O=C(OCc1nnc(-c2ccccc2)o1)C12C[C@H]3C[C@@H](CC(Br)(C3)C1)C2. The fourth-order valence-corrected chi connectivity index (χ4v) is 7.13. The third kappa shape index (κ3) is 2.79. The van der Waals surface area contributed by atoms with Crippen molar-refractivity contribution in [3.8, 4) is 11.5 Å². The maximum atomic E-state index is 13.0. The molecule has 0 amide bonds. The van der Waals surface area contributed by atoms with Gasteiger partial charge in [0.1, 0.15) is 0 Å². The van der Waals surface area contributed by atoms with E-state index in [4.69, 9.17) is 9.15 Å². The molecule has 2 aromatic rings. The molecule has 4 aliphatic carbocycles. The van der Waals surface area contributed by atoms with Gasteiger partial charge in [0.05, 0.1) is 5.41 Å². The van der Waals surface area contributed by atoms with Gasteiger partial charge in [-0.2, -0.15) is 0 Å². The van der Waals surface area contributed by atoms with Crippen LogP contribution in [-0.2, 0) is 16.1 Å². The van der Waals surface area contributed by atoms with Crippen LogP contribution in [0.25, 0.3) is 11.5 Å². The summed E-state index contributed by atoms with van der Waals surface area (Å²) >= 11 is 3.94. The largest absolute Gasteiger partial charge is 0.455 e. The first kappa shape index (κ1) is 16.5. The topological polar surface area (TPSA) is 65.2 Å².